The number of nitrogen functional groups attached to an aromatic ring is 1. The summed E-state index contributed by atoms with van der Waals surface area (Å²) in [5.41, 5.74) is 5.34. The number of anilines is 1. The van der Waals surface area contributed by atoms with Crippen LogP contribution in [0.15, 0.2) is 10.5 Å². The van der Waals surface area contributed by atoms with Gasteiger partial charge in [0.25, 0.3) is 0 Å². The Balaban J connectivity index is 3.17. The molecule has 0 spiro atoms. The van der Waals surface area contributed by atoms with Crippen molar-refractivity contribution in [3.63, 3.8) is 0 Å². The average molecular weight is 353 g/mol. The second-order valence-electron chi connectivity index (χ2n) is 2.78. The van der Waals surface area contributed by atoms with Gasteiger partial charge in [-0.25, -0.2) is 4.79 Å². The quantitative estimate of drug-likeness (QED) is 0.475. The van der Waals surface area contributed by atoms with E-state index in [1.807, 2.05) is 0 Å². The van der Waals surface area contributed by atoms with Gasteiger partial charge in [-0.3, -0.25) is 0 Å². The highest BCUT2D eigenvalue weighted by Crippen LogP contribution is 2.42. The molecule has 0 unspecified atom stereocenters. The molecule has 0 aliphatic rings. The molecule has 0 amide bonds. The zero-order chi connectivity index (χ0) is 13.4. The van der Waals surface area contributed by atoms with Crippen molar-refractivity contribution in [3.8, 4) is 5.75 Å². The van der Waals surface area contributed by atoms with Crippen LogP contribution in [0.2, 0.25) is 10.0 Å². The van der Waals surface area contributed by atoms with Crippen LogP contribution < -0.4 is 10.5 Å². The molecule has 94 valence electrons. The largest absolute Gasteiger partial charge is 0.491 e. The molecular formula is C8H3BrCl2F3NO2. The third kappa shape index (κ3) is 3.17. The SMILES string of the molecule is Nc1c(Br)cc(Cl)c(OC(=O)C(F)(F)F)c1Cl. The Bertz CT molecular complexity index is 479. The van der Waals surface area contributed by atoms with Crippen LogP contribution in [0.1, 0.15) is 0 Å². The van der Waals surface area contributed by atoms with E-state index in [0.29, 0.717) is 0 Å². The Morgan fingerprint density at radius 3 is 2.41 bits per heavy atom. The summed E-state index contributed by atoms with van der Waals surface area (Å²) in [5.74, 6) is -3.06. The van der Waals surface area contributed by atoms with Gasteiger partial charge in [0.05, 0.1) is 10.7 Å². The van der Waals surface area contributed by atoms with E-state index in [1.165, 1.54) is 6.07 Å². The minimum absolute atomic E-state index is 0.0824. The zero-order valence-corrected chi connectivity index (χ0v) is 10.8. The van der Waals surface area contributed by atoms with Gasteiger partial charge in [0.1, 0.15) is 5.02 Å². The number of alkyl halides is 3. The van der Waals surface area contributed by atoms with Gasteiger partial charge < -0.3 is 10.5 Å². The molecule has 1 aromatic carbocycles. The van der Waals surface area contributed by atoms with Gasteiger partial charge in [-0.1, -0.05) is 23.2 Å². The molecule has 9 heteroatoms. The smallest absolute Gasteiger partial charge is 0.417 e. The number of hydrogen-bond donors (Lipinski definition) is 1. The van der Waals surface area contributed by atoms with E-state index in [4.69, 9.17) is 28.9 Å². The molecular weight excluding hydrogens is 350 g/mol. The summed E-state index contributed by atoms with van der Waals surface area (Å²) < 4.78 is 40.3. The van der Waals surface area contributed by atoms with Gasteiger partial charge in [-0.05, 0) is 22.0 Å². The molecule has 17 heavy (non-hydrogen) atoms. The lowest BCUT2D eigenvalue weighted by molar-refractivity contribution is -0.189. The highest BCUT2D eigenvalue weighted by molar-refractivity contribution is 9.10. The first-order valence-corrected chi connectivity index (χ1v) is 5.41. The van der Waals surface area contributed by atoms with Crippen LogP contribution in [0.3, 0.4) is 0 Å². The molecule has 0 bridgehead atoms. The zero-order valence-electron chi connectivity index (χ0n) is 7.74. The fourth-order valence-electron chi connectivity index (χ4n) is 0.831. The van der Waals surface area contributed by atoms with Crippen molar-refractivity contribution >= 4 is 50.8 Å². The summed E-state index contributed by atoms with van der Waals surface area (Å²) >= 11 is 14.2. The number of halogens is 6. The second kappa shape index (κ2) is 4.91. The lowest BCUT2D eigenvalue weighted by Gasteiger charge is -2.12. The Labute approximate surface area is 112 Å². The molecule has 0 radical (unpaired) electrons. The number of nitrogens with two attached hydrogens (primary N) is 1. The molecule has 1 rings (SSSR count). The van der Waals surface area contributed by atoms with Crippen molar-refractivity contribution in [1.29, 1.82) is 0 Å². The van der Waals surface area contributed by atoms with Gasteiger partial charge in [0.15, 0.2) is 5.75 Å². The predicted molar refractivity (Wildman–Crippen MR) is 60.3 cm³/mol. The summed E-state index contributed by atoms with van der Waals surface area (Å²) in [6.45, 7) is 0. The summed E-state index contributed by atoms with van der Waals surface area (Å²) in [7, 11) is 0. The summed E-state index contributed by atoms with van der Waals surface area (Å²) in [4.78, 5) is 10.6. The van der Waals surface area contributed by atoms with E-state index >= 15 is 0 Å². The average Bonchev–Trinajstić information content (AvgIpc) is 2.19. The first-order chi connectivity index (χ1) is 7.64. The molecule has 0 aliphatic heterocycles. The highest BCUT2D eigenvalue weighted by Gasteiger charge is 2.42. The van der Waals surface area contributed by atoms with Crippen LogP contribution in [0, 0.1) is 0 Å². The topological polar surface area (TPSA) is 52.3 Å². The summed E-state index contributed by atoms with van der Waals surface area (Å²) in [5, 5.41) is -0.643. The van der Waals surface area contributed by atoms with Gasteiger partial charge in [-0.2, -0.15) is 13.2 Å². The van der Waals surface area contributed by atoms with Crippen molar-refractivity contribution in [2.75, 3.05) is 5.73 Å². The molecule has 0 fully saturated rings. The lowest BCUT2D eigenvalue weighted by Crippen LogP contribution is -2.28. The van der Waals surface area contributed by atoms with Crippen molar-refractivity contribution in [2.45, 2.75) is 6.18 Å². The van der Waals surface area contributed by atoms with Crippen molar-refractivity contribution in [2.24, 2.45) is 0 Å². The second-order valence-corrected chi connectivity index (χ2v) is 4.42. The summed E-state index contributed by atoms with van der Waals surface area (Å²) in [6.07, 6.45) is -5.14. The minimum atomic E-state index is -5.14. The molecule has 1 aromatic rings. The van der Waals surface area contributed by atoms with Crippen LogP contribution in [0.25, 0.3) is 0 Å². The number of benzene rings is 1. The Hall–Kier alpha value is -0.660. The Morgan fingerprint density at radius 1 is 1.41 bits per heavy atom. The standard InChI is InChI=1S/C8H3BrCl2F3NO2/c9-2-1-3(10)6(4(11)5(2)15)17-7(16)8(12,13)14/h1H,15H2. The Morgan fingerprint density at radius 2 is 1.94 bits per heavy atom. The first kappa shape index (κ1) is 14.4. The highest BCUT2D eigenvalue weighted by atomic mass is 79.9. The first-order valence-electron chi connectivity index (χ1n) is 3.86. The number of carbonyl (C=O) groups excluding carboxylic acids is 1. The number of ether oxygens (including phenoxy) is 1. The van der Waals surface area contributed by atoms with E-state index in [2.05, 4.69) is 20.7 Å². The normalized spacial score (nSPS) is 11.4. The van der Waals surface area contributed by atoms with Crippen LogP contribution >= 0.6 is 39.1 Å². The number of rotatable bonds is 1. The van der Waals surface area contributed by atoms with Gasteiger partial charge >= 0.3 is 12.1 Å². The molecule has 2 N–H and O–H groups in total. The fraction of sp³-hybridized carbons (Fsp3) is 0.125. The molecule has 0 saturated heterocycles. The molecule has 0 saturated carbocycles. The van der Waals surface area contributed by atoms with Crippen LogP contribution in [0.5, 0.6) is 5.75 Å². The molecule has 0 atom stereocenters. The van der Waals surface area contributed by atoms with Crippen molar-refractivity contribution in [1.82, 2.24) is 0 Å². The van der Waals surface area contributed by atoms with Gasteiger partial charge in [0.2, 0.25) is 0 Å². The Kier molecular flexibility index (Phi) is 4.16. The third-order valence-corrected chi connectivity index (χ3v) is 2.90. The number of carbonyl (C=O) groups is 1. The molecule has 0 aliphatic carbocycles. The number of hydrogen-bond acceptors (Lipinski definition) is 3. The van der Waals surface area contributed by atoms with Crippen LogP contribution in [-0.4, -0.2) is 12.1 Å². The minimum Gasteiger partial charge on any atom is -0.417 e. The fourth-order valence-corrected chi connectivity index (χ4v) is 2.04. The van der Waals surface area contributed by atoms with Gasteiger partial charge in [0, 0.05) is 4.47 Å². The molecule has 0 aromatic heterocycles. The monoisotopic (exact) mass is 351 g/mol. The van der Waals surface area contributed by atoms with Crippen LogP contribution in [-0.2, 0) is 4.79 Å². The van der Waals surface area contributed by atoms with E-state index in [9.17, 15) is 18.0 Å². The van der Waals surface area contributed by atoms with E-state index in [1.54, 1.807) is 0 Å². The maximum Gasteiger partial charge on any atom is 0.491 e. The van der Waals surface area contributed by atoms with Crippen molar-refractivity contribution in [3.05, 3.63) is 20.6 Å². The third-order valence-electron chi connectivity index (χ3n) is 1.59. The maximum atomic E-state index is 12.0. The van der Waals surface area contributed by atoms with E-state index < -0.39 is 17.9 Å². The van der Waals surface area contributed by atoms with Gasteiger partial charge in [-0.15, -0.1) is 0 Å². The number of esters is 1. The summed E-state index contributed by atoms with van der Waals surface area (Å²) in [6, 6.07) is 1.17. The van der Waals surface area contributed by atoms with E-state index in [0.717, 1.165) is 0 Å². The van der Waals surface area contributed by atoms with Crippen molar-refractivity contribution < 1.29 is 22.7 Å². The lowest BCUT2D eigenvalue weighted by atomic mass is 10.3. The molecule has 0 heterocycles. The maximum absolute atomic E-state index is 12.0. The predicted octanol–water partition coefficient (Wildman–Crippen LogP) is 3.81. The van der Waals surface area contributed by atoms with E-state index in [-0.39, 0.29) is 20.2 Å². The molecule has 3 nitrogen and oxygen atoms in total. The van der Waals surface area contributed by atoms with Crippen LogP contribution in [0.4, 0.5) is 18.9 Å².